The van der Waals surface area contributed by atoms with Gasteiger partial charge in [-0.15, -0.1) is 6.58 Å². The number of aryl methyl sites for hydroxylation is 1. The van der Waals surface area contributed by atoms with E-state index in [1.165, 1.54) is 11.8 Å². The van der Waals surface area contributed by atoms with Gasteiger partial charge in [0.1, 0.15) is 6.61 Å². The summed E-state index contributed by atoms with van der Waals surface area (Å²) in [5.74, 6) is 1.11. The average molecular weight is 471 g/mol. The molecule has 0 radical (unpaired) electrons. The Morgan fingerprint density at radius 2 is 1.85 bits per heavy atom. The van der Waals surface area contributed by atoms with Crippen LogP contribution in [0.25, 0.3) is 6.08 Å². The van der Waals surface area contributed by atoms with Gasteiger partial charge in [-0.05, 0) is 66.6 Å². The zero-order chi connectivity index (χ0) is 23.9. The van der Waals surface area contributed by atoms with Crippen LogP contribution in [0.1, 0.15) is 22.3 Å². The van der Waals surface area contributed by atoms with Crippen molar-refractivity contribution in [1.29, 1.82) is 0 Å². The molecule has 5 nitrogen and oxygen atoms in total. The fraction of sp³-hybridized carbons (Fsp3) is 0.143. The molecule has 3 aromatic rings. The van der Waals surface area contributed by atoms with Crippen LogP contribution >= 0.6 is 11.8 Å². The van der Waals surface area contributed by atoms with Crippen molar-refractivity contribution in [3.63, 3.8) is 0 Å². The minimum Gasteiger partial charge on any atom is -0.493 e. The van der Waals surface area contributed by atoms with Crippen molar-refractivity contribution in [3.8, 4) is 11.5 Å². The zero-order valence-corrected chi connectivity index (χ0v) is 20.0. The topological polar surface area (TPSA) is 59.9 Å². The molecule has 1 N–H and O–H groups in total. The molecular weight excluding hydrogens is 444 g/mol. The van der Waals surface area contributed by atoms with Crippen molar-refractivity contribution < 1.29 is 14.3 Å². The fourth-order valence-corrected chi connectivity index (χ4v) is 4.33. The third-order valence-electron chi connectivity index (χ3n) is 5.18. The van der Waals surface area contributed by atoms with Crippen LogP contribution in [0.5, 0.6) is 11.5 Å². The van der Waals surface area contributed by atoms with Crippen LogP contribution < -0.4 is 14.8 Å². The van der Waals surface area contributed by atoms with E-state index in [1.807, 2.05) is 85.8 Å². The SMILES string of the molecule is C=CCc1cc(/C=C2/SC(=Nc3ccc(C)cc3)NC2=O)cc(OC)c1OCc1ccccc1. The lowest BCUT2D eigenvalue weighted by atomic mass is 10.0. The molecule has 6 heteroatoms. The first-order valence-corrected chi connectivity index (χ1v) is 11.7. The second kappa shape index (κ2) is 10.9. The number of carbonyl (C=O) groups excluding carboxylic acids is 1. The minimum absolute atomic E-state index is 0.176. The maximum atomic E-state index is 12.6. The van der Waals surface area contributed by atoms with Crippen molar-refractivity contribution in [3.05, 3.63) is 107 Å². The van der Waals surface area contributed by atoms with E-state index in [0.717, 1.165) is 27.9 Å². The van der Waals surface area contributed by atoms with Gasteiger partial charge in [0.2, 0.25) is 0 Å². The second-order valence-corrected chi connectivity index (χ2v) is 8.83. The number of nitrogens with one attached hydrogen (secondary N) is 1. The van der Waals surface area contributed by atoms with Gasteiger partial charge in [0.05, 0.1) is 17.7 Å². The molecule has 1 aliphatic rings. The minimum atomic E-state index is -0.176. The summed E-state index contributed by atoms with van der Waals surface area (Å²) in [4.78, 5) is 17.7. The molecule has 0 aliphatic carbocycles. The Hall–Kier alpha value is -3.77. The molecule has 1 saturated heterocycles. The largest absolute Gasteiger partial charge is 0.493 e. The molecule has 0 saturated carbocycles. The number of benzene rings is 3. The van der Waals surface area contributed by atoms with Crippen molar-refractivity contribution in [1.82, 2.24) is 5.32 Å². The maximum absolute atomic E-state index is 12.6. The summed E-state index contributed by atoms with van der Waals surface area (Å²) >= 11 is 1.32. The predicted octanol–water partition coefficient (Wildman–Crippen LogP) is 6.20. The van der Waals surface area contributed by atoms with Gasteiger partial charge in [0.15, 0.2) is 16.7 Å². The molecule has 1 heterocycles. The van der Waals surface area contributed by atoms with Crippen molar-refractivity contribution in [2.45, 2.75) is 20.0 Å². The van der Waals surface area contributed by atoms with Gasteiger partial charge in [-0.2, -0.15) is 0 Å². The number of rotatable bonds is 8. The molecule has 0 spiro atoms. The quantitative estimate of drug-likeness (QED) is 0.314. The molecule has 34 heavy (non-hydrogen) atoms. The van der Waals surface area contributed by atoms with Crippen LogP contribution in [0.15, 0.2) is 89.3 Å². The van der Waals surface area contributed by atoms with Crippen LogP contribution in [0.3, 0.4) is 0 Å². The standard InChI is InChI=1S/C28H26N2O3S/c1-4-8-22-15-21(16-24(32-3)26(22)33-18-20-9-6-5-7-10-20)17-25-27(31)30-28(34-25)29-23-13-11-19(2)12-14-23/h4-7,9-17H,1,8,18H2,2-3H3,(H,29,30,31)/b25-17+. The smallest absolute Gasteiger partial charge is 0.264 e. The Labute approximate surface area is 204 Å². The van der Waals surface area contributed by atoms with Gasteiger partial charge in [0.25, 0.3) is 5.91 Å². The van der Waals surface area contributed by atoms with E-state index in [2.05, 4.69) is 16.9 Å². The second-order valence-electron chi connectivity index (χ2n) is 7.80. The molecule has 4 rings (SSSR count). The van der Waals surface area contributed by atoms with Crippen LogP contribution in [-0.4, -0.2) is 18.2 Å². The first-order chi connectivity index (χ1) is 16.6. The maximum Gasteiger partial charge on any atom is 0.264 e. The summed E-state index contributed by atoms with van der Waals surface area (Å²) in [6.45, 7) is 6.33. The number of allylic oxidation sites excluding steroid dienone is 1. The number of nitrogens with zero attached hydrogens (tertiary/aromatic N) is 1. The van der Waals surface area contributed by atoms with Gasteiger partial charge in [0, 0.05) is 5.56 Å². The molecule has 1 aliphatic heterocycles. The summed E-state index contributed by atoms with van der Waals surface area (Å²) in [7, 11) is 1.61. The van der Waals surface area contributed by atoms with E-state index in [-0.39, 0.29) is 5.91 Å². The highest BCUT2D eigenvalue weighted by molar-refractivity contribution is 8.18. The summed E-state index contributed by atoms with van der Waals surface area (Å²) in [5, 5.41) is 3.40. The van der Waals surface area contributed by atoms with Gasteiger partial charge >= 0.3 is 0 Å². The fourth-order valence-electron chi connectivity index (χ4n) is 3.49. The summed E-state index contributed by atoms with van der Waals surface area (Å²) in [6, 6.07) is 21.7. The molecule has 0 unspecified atom stereocenters. The van der Waals surface area contributed by atoms with Crippen molar-refractivity contribution >= 4 is 34.6 Å². The van der Waals surface area contributed by atoms with Crippen LogP contribution in [0.2, 0.25) is 0 Å². The Morgan fingerprint density at radius 3 is 2.56 bits per heavy atom. The molecule has 0 aromatic heterocycles. The number of aliphatic imine (C=N–C) groups is 1. The number of hydrogen-bond acceptors (Lipinski definition) is 5. The lowest BCUT2D eigenvalue weighted by Crippen LogP contribution is -2.19. The molecule has 0 atom stereocenters. The van der Waals surface area contributed by atoms with E-state index in [4.69, 9.17) is 9.47 Å². The number of ether oxygens (including phenoxy) is 2. The highest BCUT2D eigenvalue weighted by atomic mass is 32.2. The Bertz CT molecular complexity index is 1250. The average Bonchev–Trinajstić information content (AvgIpc) is 3.18. The van der Waals surface area contributed by atoms with Gasteiger partial charge < -0.3 is 14.8 Å². The molecule has 172 valence electrons. The van der Waals surface area contributed by atoms with E-state index in [9.17, 15) is 4.79 Å². The van der Waals surface area contributed by atoms with Gasteiger partial charge in [-0.1, -0.05) is 54.1 Å². The zero-order valence-electron chi connectivity index (χ0n) is 19.2. The highest BCUT2D eigenvalue weighted by Crippen LogP contribution is 2.36. The van der Waals surface area contributed by atoms with E-state index in [0.29, 0.717) is 34.6 Å². The molecule has 1 amide bonds. The van der Waals surface area contributed by atoms with Crippen LogP contribution in [0.4, 0.5) is 5.69 Å². The first kappa shape index (κ1) is 23.4. The van der Waals surface area contributed by atoms with E-state index in [1.54, 1.807) is 7.11 Å². The Kier molecular flexibility index (Phi) is 7.50. The summed E-state index contributed by atoms with van der Waals surface area (Å²) < 4.78 is 11.8. The van der Waals surface area contributed by atoms with Crippen LogP contribution in [-0.2, 0) is 17.8 Å². The number of methoxy groups -OCH3 is 1. The third-order valence-corrected chi connectivity index (χ3v) is 6.09. The predicted molar refractivity (Wildman–Crippen MR) is 140 cm³/mol. The van der Waals surface area contributed by atoms with E-state index < -0.39 is 0 Å². The normalized spacial score (nSPS) is 15.4. The van der Waals surface area contributed by atoms with Crippen LogP contribution in [0, 0.1) is 6.92 Å². The lowest BCUT2D eigenvalue weighted by Gasteiger charge is -2.16. The number of carbonyl (C=O) groups is 1. The number of hydrogen-bond donors (Lipinski definition) is 1. The molecular formula is C28H26N2O3S. The Morgan fingerprint density at radius 1 is 1.09 bits per heavy atom. The first-order valence-electron chi connectivity index (χ1n) is 10.9. The molecule has 3 aromatic carbocycles. The van der Waals surface area contributed by atoms with E-state index >= 15 is 0 Å². The third kappa shape index (κ3) is 5.77. The monoisotopic (exact) mass is 470 g/mol. The number of amides is 1. The number of thioether (sulfide) groups is 1. The van der Waals surface area contributed by atoms with Crippen molar-refractivity contribution in [2.75, 3.05) is 7.11 Å². The highest BCUT2D eigenvalue weighted by Gasteiger charge is 2.24. The summed E-state index contributed by atoms with van der Waals surface area (Å²) in [6.07, 6.45) is 4.27. The van der Waals surface area contributed by atoms with Gasteiger partial charge in [-0.25, -0.2) is 4.99 Å². The molecule has 1 fully saturated rings. The lowest BCUT2D eigenvalue weighted by molar-refractivity contribution is -0.115. The van der Waals surface area contributed by atoms with Crippen molar-refractivity contribution in [2.24, 2.45) is 4.99 Å². The Balaban J connectivity index is 1.59. The molecule has 0 bridgehead atoms. The van der Waals surface area contributed by atoms with Gasteiger partial charge in [-0.3, -0.25) is 4.79 Å². The summed E-state index contributed by atoms with van der Waals surface area (Å²) in [5.41, 5.74) is 4.81. The number of amidine groups is 1.